The van der Waals surface area contributed by atoms with Crippen molar-refractivity contribution in [3.63, 3.8) is 0 Å². The van der Waals surface area contributed by atoms with Crippen LogP contribution >= 0.6 is 0 Å². The monoisotopic (exact) mass is 397 g/mol. The third-order valence-electron chi connectivity index (χ3n) is 5.49. The SMILES string of the molecule is CCc1ccc(Nc2nc(-c3ccc4c(N)n[nH]c4c3)cn3ccnc23)cc1CC. The summed E-state index contributed by atoms with van der Waals surface area (Å²) in [6.07, 6.45) is 7.71. The molecule has 7 nitrogen and oxygen atoms in total. The van der Waals surface area contributed by atoms with Crippen LogP contribution < -0.4 is 11.1 Å². The zero-order valence-electron chi connectivity index (χ0n) is 17.0. The molecule has 0 unspecified atom stereocenters. The molecule has 0 fully saturated rings. The third-order valence-corrected chi connectivity index (χ3v) is 5.49. The van der Waals surface area contributed by atoms with Gasteiger partial charge in [-0.1, -0.05) is 26.0 Å². The number of anilines is 3. The summed E-state index contributed by atoms with van der Waals surface area (Å²) in [6.45, 7) is 4.37. The Kier molecular flexibility index (Phi) is 4.35. The zero-order valence-corrected chi connectivity index (χ0v) is 17.0. The van der Waals surface area contributed by atoms with E-state index >= 15 is 0 Å². The predicted octanol–water partition coefficient (Wildman–Crippen LogP) is 4.72. The highest BCUT2D eigenvalue weighted by Crippen LogP contribution is 2.28. The Morgan fingerprint density at radius 1 is 1.07 bits per heavy atom. The molecule has 30 heavy (non-hydrogen) atoms. The van der Waals surface area contributed by atoms with E-state index in [0.29, 0.717) is 11.6 Å². The molecule has 0 spiro atoms. The summed E-state index contributed by atoms with van der Waals surface area (Å²) in [6, 6.07) is 12.5. The number of H-pyrrole nitrogens is 1. The quantitative estimate of drug-likeness (QED) is 0.399. The molecule has 3 heterocycles. The molecule has 0 amide bonds. The van der Waals surface area contributed by atoms with Crippen molar-refractivity contribution in [3.05, 3.63) is 66.1 Å². The van der Waals surface area contributed by atoms with Crippen LogP contribution in [0.5, 0.6) is 0 Å². The average molecular weight is 397 g/mol. The molecule has 0 radical (unpaired) electrons. The number of nitrogens with two attached hydrogens (primary N) is 1. The fraction of sp³-hybridized carbons (Fsp3) is 0.174. The van der Waals surface area contributed by atoms with Gasteiger partial charge in [-0.3, -0.25) is 5.10 Å². The molecule has 0 bridgehead atoms. The molecule has 5 aromatic rings. The van der Waals surface area contributed by atoms with Gasteiger partial charge in [0, 0.05) is 35.2 Å². The molecule has 0 aliphatic rings. The van der Waals surface area contributed by atoms with Gasteiger partial charge in [0.15, 0.2) is 17.3 Å². The molecule has 7 heteroatoms. The molecule has 0 atom stereocenters. The fourth-order valence-electron chi connectivity index (χ4n) is 3.87. The van der Waals surface area contributed by atoms with E-state index < -0.39 is 0 Å². The van der Waals surface area contributed by atoms with Gasteiger partial charge in [0.1, 0.15) is 0 Å². The second-order valence-electron chi connectivity index (χ2n) is 7.32. The molecule has 4 N–H and O–H groups in total. The van der Waals surface area contributed by atoms with E-state index in [1.807, 2.05) is 35.0 Å². The third kappa shape index (κ3) is 3.04. The normalized spacial score (nSPS) is 11.4. The Morgan fingerprint density at radius 3 is 2.77 bits per heavy atom. The first-order valence-electron chi connectivity index (χ1n) is 10.1. The first kappa shape index (κ1) is 18.2. The van der Waals surface area contributed by atoms with Crippen molar-refractivity contribution in [1.82, 2.24) is 24.6 Å². The van der Waals surface area contributed by atoms with E-state index in [1.165, 1.54) is 11.1 Å². The average Bonchev–Trinajstić information content (AvgIpc) is 3.40. The van der Waals surface area contributed by atoms with E-state index in [1.54, 1.807) is 6.20 Å². The van der Waals surface area contributed by atoms with E-state index in [-0.39, 0.29) is 0 Å². The summed E-state index contributed by atoms with van der Waals surface area (Å²) < 4.78 is 1.98. The number of nitrogens with zero attached hydrogens (tertiary/aromatic N) is 4. The van der Waals surface area contributed by atoms with Crippen LogP contribution in [0.15, 0.2) is 55.0 Å². The molecule has 3 aromatic heterocycles. The van der Waals surface area contributed by atoms with Crippen LogP contribution in [-0.2, 0) is 12.8 Å². The number of hydrogen-bond donors (Lipinski definition) is 3. The summed E-state index contributed by atoms with van der Waals surface area (Å²) >= 11 is 0. The van der Waals surface area contributed by atoms with Gasteiger partial charge in [0.2, 0.25) is 0 Å². The number of aromatic amines is 1. The van der Waals surface area contributed by atoms with E-state index in [4.69, 9.17) is 10.7 Å². The minimum Gasteiger partial charge on any atom is -0.382 e. The van der Waals surface area contributed by atoms with Crippen molar-refractivity contribution in [2.45, 2.75) is 26.7 Å². The lowest BCUT2D eigenvalue weighted by Crippen LogP contribution is -2.01. The highest BCUT2D eigenvalue weighted by atomic mass is 15.2. The lowest BCUT2D eigenvalue weighted by atomic mass is 10.0. The van der Waals surface area contributed by atoms with Crippen LogP contribution in [0.25, 0.3) is 27.8 Å². The molecule has 5 rings (SSSR count). The largest absolute Gasteiger partial charge is 0.382 e. The number of benzene rings is 2. The molecule has 0 aliphatic carbocycles. The minimum absolute atomic E-state index is 0.499. The topological polar surface area (TPSA) is 96.9 Å². The van der Waals surface area contributed by atoms with E-state index in [2.05, 4.69) is 52.5 Å². The van der Waals surface area contributed by atoms with Crippen LogP contribution in [0.2, 0.25) is 0 Å². The highest BCUT2D eigenvalue weighted by molar-refractivity contribution is 5.91. The molecular weight excluding hydrogens is 374 g/mol. The number of nitrogen functional groups attached to an aromatic ring is 1. The van der Waals surface area contributed by atoms with Crippen molar-refractivity contribution in [1.29, 1.82) is 0 Å². The van der Waals surface area contributed by atoms with E-state index in [0.717, 1.165) is 46.3 Å². The Morgan fingerprint density at radius 2 is 1.93 bits per heavy atom. The number of nitrogens with one attached hydrogen (secondary N) is 2. The Bertz CT molecular complexity index is 1360. The summed E-state index contributed by atoms with van der Waals surface area (Å²) in [4.78, 5) is 9.37. The Labute approximate surface area is 174 Å². The zero-order chi connectivity index (χ0) is 20.7. The minimum atomic E-state index is 0.499. The summed E-state index contributed by atoms with van der Waals surface area (Å²) in [5.74, 6) is 1.22. The van der Waals surface area contributed by atoms with Gasteiger partial charge in [0.05, 0.1) is 11.2 Å². The number of rotatable bonds is 5. The van der Waals surface area contributed by atoms with Crippen LogP contribution in [-0.4, -0.2) is 24.6 Å². The number of hydrogen-bond acceptors (Lipinski definition) is 5. The molecule has 150 valence electrons. The van der Waals surface area contributed by atoms with Gasteiger partial charge in [-0.05, 0) is 48.2 Å². The van der Waals surface area contributed by atoms with Gasteiger partial charge in [0.25, 0.3) is 0 Å². The van der Waals surface area contributed by atoms with Crippen molar-refractivity contribution in [2.24, 2.45) is 0 Å². The Balaban J connectivity index is 1.59. The van der Waals surface area contributed by atoms with Gasteiger partial charge < -0.3 is 15.5 Å². The predicted molar refractivity (Wildman–Crippen MR) is 121 cm³/mol. The highest BCUT2D eigenvalue weighted by Gasteiger charge is 2.12. The number of fused-ring (bicyclic) bond motifs is 2. The Hall–Kier alpha value is -3.87. The van der Waals surface area contributed by atoms with Gasteiger partial charge in [-0.25, -0.2) is 9.97 Å². The maximum Gasteiger partial charge on any atom is 0.180 e. The van der Waals surface area contributed by atoms with Gasteiger partial charge >= 0.3 is 0 Å². The summed E-state index contributed by atoms with van der Waals surface area (Å²) in [7, 11) is 0. The van der Waals surface area contributed by atoms with Crippen molar-refractivity contribution in [3.8, 4) is 11.3 Å². The van der Waals surface area contributed by atoms with Crippen LogP contribution in [0.1, 0.15) is 25.0 Å². The van der Waals surface area contributed by atoms with Crippen molar-refractivity contribution in [2.75, 3.05) is 11.1 Å². The number of aryl methyl sites for hydroxylation is 2. The van der Waals surface area contributed by atoms with Crippen LogP contribution in [0.3, 0.4) is 0 Å². The molecule has 2 aromatic carbocycles. The molecule has 0 saturated carbocycles. The molecule has 0 saturated heterocycles. The first-order valence-corrected chi connectivity index (χ1v) is 10.1. The lowest BCUT2D eigenvalue weighted by molar-refractivity contribution is 1.04. The van der Waals surface area contributed by atoms with Crippen LogP contribution in [0.4, 0.5) is 17.3 Å². The molecular formula is C23H23N7. The van der Waals surface area contributed by atoms with Crippen molar-refractivity contribution >= 4 is 33.9 Å². The van der Waals surface area contributed by atoms with E-state index in [9.17, 15) is 0 Å². The maximum atomic E-state index is 5.90. The second kappa shape index (κ2) is 7.18. The van der Waals surface area contributed by atoms with Crippen molar-refractivity contribution < 1.29 is 0 Å². The fourth-order valence-corrected chi connectivity index (χ4v) is 3.87. The number of imidazole rings is 1. The summed E-state index contributed by atoms with van der Waals surface area (Å²) in [5, 5.41) is 11.4. The standard InChI is InChI=1S/C23H23N7/c1-3-14-5-7-17(11-15(14)4-2)26-22-23-25-9-10-30(23)13-20(27-22)16-6-8-18-19(12-16)28-29-21(18)24/h5-13H,3-4H2,1-2H3,(H,26,27)(H3,24,28,29). The smallest absolute Gasteiger partial charge is 0.180 e. The first-order chi connectivity index (χ1) is 14.7. The van der Waals surface area contributed by atoms with Gasteiger partial charge in [-0.2, -0.15) is 5.10 Å². The summed E-state index contributed by atoms with van der Waals surface area (Å²) in [5.41, 5.74) is 13.1. The lowest BCUT2D eigenvalue weighted by Gasteiger charge is -2.13. The molecule has 0 aliphatic heterocycles. The van der Waals surface area contributed by atoms with Crippen LogP contribution in [0, 0.1) is 0 Å². The number of aromatic nitrogens is 5. The maximum absolute atomic E-state index is 5.90. The second-order valence-corrected chi connectivity index (χ2v) is 7.32. The van der Waals surface area contributed by atoms with Gasteiger partial charge in [-0.15, -0.1) is 0 Å².